The number of carbonyl (C=O) groups excluding carboxylic acids is 4. The number of allylic oxidation sites excluding steroid dienone is 2. The number of hydrogen-bond donors (Lipinski definition) is 0. The first kappa shape index (κ1) is 27.2. The van der Waals surface area contributed by atoms with Crippen molar-refractivity contribution in [3.63, 3.8) is 0 Å². The minimum Gasteiger partial charge on any atom is -0.460 e. The van der Waals surface area contributed by atoms with Gasteiger partial charge in [-0.15, -0.1) is 0 Å². The Labute approximate surface area is 200 Å². The van der Waals surface area contributed by atoms with Gasteiger partial charge in [0.2, 0.25) is 0 Å². The number of rotatable bonds is 5. The number of hydrogen-bond acceptors (Lipinski definition) is 8. The summed E-state index contributed by atoms with van der Waals surface area (Å²) in [6.07, 6.45) is 13.1. The molecule has 0 N–H and O–H groups in total. The van der Waals surface area contributed by atoms with E-state index in [0.29, 0.717) is 18.1 Å². The van der Waals surface area contributed by atoms with E-state index in [2.05, 4.69) is 30.0 Å². The Balaban J connectivity index is 0.000000186. The SMILES string of the molecule is C=CC(=O)OC(C)(C)C.C=CC(=O)OCC1CCCO1.O=C1C=C(C23C=CC(CC2)C3)C(=O)O1. The van der Waals surface area contributed by atoms with Gasteiger partial charge in [0.15, 0.2) is 0 Å². The van der Waals surface area contributed by atoms with E-state index in [4.69, 9.17) is 14.2 Å². The third-order valence-corrected chi connectivity index (χ3v) is 5.66. The van der Waals surface area contributed by atoms with E-state index >= 15 is 0 Å². The van der Waals surface area contributed by atoms with Crippen molar-refractivity contribution in [2.24, 2.45) is 11.3 Å². The number of esters is 4. The standard InChI is InChI=1S/C11H10O3.C8H12O3.C7H12O2/c12-9-5-8(10(13)14-9)11-3-1-7(6-11)2-4-11;1-2-8(9)11-6-7-4-3-5-10-7;1-5-6(8)9-7(2,3)4/h1,3,5,7H,2,4,6H2;2,7H,1,3-6H2;5H,1H2,2-4H3. The van der Waals surface area contributed by atoms with Gasteiger partial charge in [-0.1, -0.05) is 25.3 Å². The Kier molecular flexibility index (Phi) is 9.55. The van der Waals surface area contributed by atoms with E-state index in [9.17, 15) is 19.2 Å². The van der Waals surface area contributed by atoms with Gasteiger partial charge in [-0.2, -0.15) is 0 Å². The first-order valence-corrected chi connectivity index (χ1v) is 11.4. The van der Waals surface area contributed by atoms with E-state index in [-0.39, 0.29) is 23.5 Å². The second kappa shape index (κ2) is 11.9. The predicted molar refractivity (Wildman–Crippen MR) is 124 cm³/mol. The Hall–Kier alpha value is -3.00. The molecule has 8 heteroatoms. The van der Waals surface area contributed by atoms with Crippen molar-refractivity contribution in [1.82, 2.24) is 0 Å². The summed E-state index contributed by atoms with van der Waals surface area (Å²) in [5, 5.41) is 0. The molecule has 0 aromatic heterocycles. The van der Waals surface area contributed by atoms with Crippen LogP contribution >= 0.6 is 0 Å². The van der Waals surface area contributed by atoms with Crippen LogP contribution in [0.15, 0.2) is 49.1 Å². The summed E-state index contributed by atoms with van der Waals surface area (Å²) >= 11 is 0. The van der Waals surface area contributed by atoms with Crippen LogP contribution in [0.25, 0.3) is 0 Å². The fraction of sp³-hybridized carbons (Fsp3) is 0.538. The molecule has 2 bridgehead atoms. The van der Waals surface area contributed by atoms with Gasteiger partial charge >= 0.3 is 23.9 Å². The van der Waals surface area contributed by atoms with Crippen molar-refractivity contribution >= 4 is 23.9 Å². The van der Waals surface area contributed by atoms with Crippen LogP contribution in [-0.4, -0.2) is 48.8 Å². The normalized spacial score (nSPS) is 26.4. The van der Waals surface area contributed by atoms with Crippen molar-refractivity contribution in [3.05, 3.63) is 49.1 Å². The summed E-state index contributed by atoms with van der Waals surface area (Å²) in [5.74, 6) is -1.10. The highest BCUT2D eigenvalue weighted by molar-refractivity contribution is 6.10. The van der Waals surface area contributed by atoms with Crippen molar-refractivity contribution in [2.45, 2.75) is 64.6 Å². The van der Waals surface area contributed by atoms with Crippen molar-refractivity contribution < 1.29 is 38.1 Å². The van der Waals surface area contributed by atoms with Crippen LogP contribution in [0.5, 0.6) is 0 Å². The molecule has 4 rings (SSSR count). The maximum atomic E-state index is 11.4. The lowest BCUT2D eigenvalue weighted by atomic mass is 9.80. The van der Waals surface area contributed by atoms with Crippen molar-refractivity contribution in [2.75, 3.05) is 13.2 Å². The van der Waals surface area contributed by atoms with Gasteiger partial charge in [-0.3, -0.25) is 0 Å². The molecule has 0 aromatic rings. The highest BCUT2D eigenvalue weighted by Crippen LogP contribution is 2.54. The largest absolute Gasteiger partial charge is 0.460 e. The number of cyclic esters (lactones) is 2. The summed E-state index contributed by atoms with van der Waals surface area (Å²) < 4.78 is 19.4. The molecule has 1 saturated heterocycles. The van der Waals surface area contributed by atoms with Gasteiger partial charge in [-0.05, 0) is 58.8 Å². The maximum Gasteiger partial charge on any atom is 0.343 e. The minimum atomic E-state index is -0.511. The Morgan fingerprint density at radius 3 is 2.26 bits per heavy atom. The van der Waals surface area contributed by atoms with Gasteiger partial charge in [0.25, 0.3) is 0 Å². The summed E-state index contributed by atoms with van der Waals surface area (Å²) in [6.45, 7) is 13.2. The van der Waals surface area contributed by atoms with E-state index in [1.54, 1.807) is 0 Å². The third kappa shape index (κ3) is 8.09. The molecule has 34 heavy (non-hydrogen) atoms. The Morgan fingerprint density at radius 1 is 1.18 bits per heavy atom. The zero-order chi connectivity index (χ0) is 25.4. The molecule has 1 saturated carbocycles. The van der Waals surface area contributed by atoms with E-state index in [0.717, 1.165) is 50.9 Å². The van der Waals surface area contributed by atoms with Crippen molar-refractivity contribution in [1.29, 1.82) is 0 Å². The molecule has 2 aliphatic carbocycles. The molecule has 0 amide bonds. The summed E-state index contributed by atoms with van der Waals surface area (Å²) in [5.41, 5.74) is -0.00197. The zero-order valence-electron chi connectivity index (χ0n) is 20.2. The average Bonchev–Trinajstić information content (AvgIpc) is 3.57. The fourth-order valence-electron chi connectivity index (χ4n) is 4.14. The van der Waals surface area contributed by atoms with E-state index in [1.807, 2.05) is 20.8 Å². The molecule has 3 unspecified atom stereocenters. The van der Waals surface area contributed by atoms with Gasteiger partial charge in [-0.25, -0.2) is 19.2 Å². The molecule has 2 aliphatic heterocycles. The van der Waals surface area contributed by atoms with Crippen molar-refractivity contribution in [3.8, 4) is 0 Å². The Morgan fingerprint density at radius 2 is 1.88 bits per heavy atom. The molecule has 8 nitrogen and oxygen atoms in total. The predicted octanol–water partition coefficient (Wildman–Crippen LogP) is 3.76. The average molecular weight is 475 g/mol. The summed E-state index contributed by atoms with van der Waals surface area (Å²) in [4.78, 5) is 43.4. The first-order valence-electron chi connectivity index (χ1n) is 11.4. The van der Waals surface area contributed by atoms with Gasteiger partial charge in [0.1, 0.15) is 12.2 Å². The van der Waals surface area contributed by atoms with Crippen LogP contribution in [-0.2, 0) is 38.1 Å². The molecule has 0 spiro atoms. The van der Waals surface area contributed by atoms with Crippen LogP contribution in [0.3, 0.4) is 0 Å². The number of fused-ring (bicyclic) bond motifs is 2. The second-order valence-corrected chi connectivity index (χ2v) is 9.49. The molecule has 2 heterocycles. The molecule has 0 radical (unpaired) electrons. The number of ether oxygens (including phenoxy) is 4. The van der Waals surface area contributed by atoms with E-state index in [1.165, 1.54) is 6.08 Å². The van der Waals surface area contributed by atoms with Crippen LogP contribution in [0.4, 0.5) is 0 Å². The second-order valence-electron chi connectivity index (χ2n) is 9.49. The lowest BCUT2D eigenvalue weighted by Gasteiger charge is -2.22. The van der Waals surface area contributed by atoms with Crippen LogP contribution < -0.4 is 0 Å². The minimum absolute atomic E-state index is 0.110. The highest BCUT2D eigenvalue weighted by atomic mass is 16.6. The molecular weight excluding hydrogens is 440 g/mol. The molecule has 2 fully saturated rings. The number of carbonyl (C=O) groups is 4. The van der Waals surface area contributed by atoms with Crippen LogP contribution in [0.1, 0.15) is 52.9 Å². The quantitative estimate of drug-likeness (QED) is 0.195. The monoisotopic (exact) mass is 474 g/mol. The fourth-order valence-corrected chi connectivity index (χ4v) is 4.14. The van der Waals surface area contributed by atoms with E-state index < -0.39 is 17.5 Å². The lowest BCUT2D eigenvalue weighted by molar-refractivity contribution is -0.151. The van der Waals surface area contributed by atoms with Crippen LogP contribution in [0.2, 0.25) is 0 Å². The highest BCUT2D eigenvalue weighted by Gasteiger charge is 2.48. The first-order chi connectivity index (χ1) is 16.0. The van der Waals surface area contributed by atoms with Gasteiger partial charge < -0.3 is 18.9 Å². The van der Waals surface area contributed by atoms with Gasteiger partial charge in [0, 0.05) is 30.2 Å². The summed E-state index contributed by atoms with van der Waals surface area (Å²) in [7, 11) is 0. The molecule has 186 valence electrons. The smallest absolute Gasteiger partial charge is 0.343 e. The maximum absolute atomic E-state index is 11.4. The molecule has 0 aromatic carbocycles. The Bertz CT molecular complexity index is 870. The molecule has 3 atom stereocenters. The zero-order valence-corrected chi connectivity index (χ0v) is 20.2. The van der Waals surface area contributed by atoms with Crippen LogP contribution in [0, 0.1) is 11.3 Å². The third-order valence-electron chi connectivity index (χ3n) is 5.66. The molecular formula is C26H34O8. The lowest BCUT2D eigenvalue weighted by Crippen LogP contribution is -2.22. The summed E-state index contributed by atoms with van der Waals surface area (Å²) in [6, 6.07) is 0. The molecule has 4 aliphatic rings. The topological polar surface area (TPSA) is 105 Å². The van der Waals surface area contributed by atoms with Gasteiger partial charge in [0.05, 0.1) is 11.7 Å².